The van der Waals surface area contributed by atoms with Crippen LogP contribution < -0.4 is 0 Å². The molecule has 0 spiro atoms. The zero-order valence-electron chi connectivity index (χ0n) is 17.8. The number of rotatable bonds is 13. The molecule has 0 aromatic carbocycles. The van der Waals surface area contributed by atoms with Gasteiger partial charge in [-0.25, -0.2) is 0 Å². The van der Waals surface area contributed by atoms with Gasteiger partial charge in [0.05, 0.1) is 26.2 Å². The molecule has 24 heavy (non-hydrogen) atoms. The summed E-state index contributed by atoms with van der Waals surface area (Å²) in [4.78, 5) is 0. The SMILES string of the molecule is CCCCCCCC1CC(C)(CC)CC[N+]1(C)CCCCCCC. The van der Waals surface area contributed by atoms with E-state index in [-0.39, 0.29) is 0 Å². The summed E-state index contributed by atoms with van der Waals surface area (Å²) in [6.45, 7) is 12.5. The summed E-state index contributed by atoms with van der Waals surface area (Å²) in [5.74, 6) is 0. The van der Waals surface area contributed by atoms with Crippen LogP contribution in [-0.4, -0.2) is 30.7 Å². The van der Waals surface area contributed by atoms with Crippen molar-refractivity contribution in [1.29, 1.82) is 0 Å². The molecule has 1 saturated heterocycles. The van der Waals surface area contributed by atoms with E-state index in [1.165, 1.54) is 107 Å². The Kier molecular flexibility index (Phi) is 10.6. The molecule has 1 rings (SSSR count). The van der Waals surface area contributed by atoms with Gasteiger partial charge in [-0.1, -0.05) is 79.1 Å². The molecule has 0 saturated carbocycles. The highest BCUT2D eigenvalue weighted by atomic mass is 15.4. The van der Waals surface area contributed by atoms with E-state index < -0.39 is 0 Å². The molecule has 0 aromatic rings. The smallest absolute Gasteiger partial charge is 0.0893 e. The van der Waals surface area contributed by atoms with Gasteiger partial charge in [0, 0.05) is 12.8 Å². The lowest BCUT2D eigenvalue weighted by molar-refractivity contribution is -0.941. The van der Waals surface area contributed by atoms with Gasteiger partial charge in [0.1, 0.15) is 0 Å². The quantitative estimate of drug-likeness (QED) is 0.243. The summed E-state index contributed by atoms with van der Waals surface area (Å²) in [7, 11) is 2.59. The lowest BCUT2D eigenvalue weighted by Crippen LogP contribution is -2.59. The van der Waals surface area contributed by atoms with E-state index in [9.17, 15) is 0 Å². The van der Waals surface area contributed by atoms with E-state index >= 15 is 0 Å². The molecule has 1 aliphatic rings. The molecule has 1 aliphatic heterocycles. The number of hydrogen-bond donors (Lipinski definition) is 0. The standard InChI is InChI=1S/C23H48N/c1-6-9-11-13-15-17-22-21-23(4,8-3)18-20-24(22,5)19-16-14-12-10-7-2/h22H,6-21H2,1-5H3/q+1. The highest BCUT2D eigenvalue weighted by Crippen LogP contribution is 2.41. The number of hydrogen-bond acceptors (Lipinski definition) is 0. The van der Waals surface area contributed by atoms with Crippen molar-refractivity contribution in [1.82, 2.24) is 0 Å². The zero-order chi connectivity index (χ0) is 17.9. The summed E-state index contributed by atoms with van der Waals surface area (Å²) >= 11 is 0. The molecule has 3 atom stereocenters. The van der Waals surface area contributed by atoms with Crippen LogP contribution in [0, 0.1) is 5.41 Å². The second-order valence-electron chi connectivity index (χ2n) is 9.32. The minimum absolute atomic E-state index is 0.619. The number of likely N-dealkylation sites (tertiary alicyclic amines) is 1. The maximum absolute atomic E-state index is 2.59. The maximum Gasteiger partial charge on any atom is 0.0893 e. The molecule has 0 amide bonds. The fourth-order valence-corrected chi connectivity index (χ4v) is 4.69. The molecular formula is C23H48N+. The Morgan fingerprint density at radius 2 is 1.42 bits per heavy atom. The average molecular weight is 339 g/mol. The number of quaternary nitrogens is 1. The van der Waals surface area contributed by atoms with Crippen LogP contribution in [0.1, 0.15) is 118 Å². The van der Waals surface area contributed by atoms with Gasteiger partial charge < -0.3 is 4.48 Å². The van der Waals surface area contributed by atoms with Crippen molar-refractivity contribution in [2.24, 2.45) is 5.41 Å². The molecular weight excluding hydrogens is 290 g/mol. The van der Waals surface area contributed by atoms with Crippen molar-refractivity contribution < 1.29 is 4.48 Å². The maximum atomic E-state index is 2.59. The number of piperidine rings is 1. The third kappa shape index (κ3) is 7.46. The first-order chi connectivity index (χ1) is 11.5. The van der Waals surface area contributed by atoms with E-state index in [0.29, 0.717) is 5.41 Å². The van der Waals surface area contributed by atoms with E-state index in [1.807, 2.05) is 0 Å². The van der Waals surface area contributed by atoms with Crippen molar-refractivity contribution >= 4 is 0 Å². The minimum atomic E-state index is 0.619. The molecule has 1 heteroatoms. The Hall–Kier alpha value is -0.0400. The van der Waals surface area contributed by atoms with Gasteiger partial charge in [-0.3, -0.25) is 0 Å². The van der Waals surface area contributed by atoms with E-state index in [2.05, 4.69) is 34.7 Å². The fourth-order valence-electron chi connectivity index (χ4n) is 4.69. The van der Waals surface area contributed by atoms with Crippen molar-refractivity contribution in [3.63, 3.8) is 0 Å². The molecule has 1 heterocycles. The van der Waals surface area contributed by atoms with Crippen LogP contribution in [0.25, 0.3) is 0 Å². The molecule has 0 N–H and O–H groups in total. The first-order valence-corrected chi connectivity index (χ1v) is 11.3. The van der Waals surface area contributed by atoms with Crippen LogP contribution in [0.5, 0.6) is 0 Å². The molecule has 1 fully saturated rings. The molecule has 144 valence electrons. The molecule has 0 bridgehead atoms. The van der Waals surface area contributed by atoms with Gasteiger partial charge in [0.25, 0.3) is 0 Å². The lowest BCUT2D eigenvalue weighted by Gasteiger charge is -2.51. The van der Waals surface area contributed by atoms with E-state index in [4.69, 9.17) is 0 Å². The topological polar surface area (TPSA) is 0 Å². The highest BCUT2D eigenvalue weighted by molar-refractivity contribution is 4.82. The van der Waals surface area contributed by atoms with Gasteiger partial charge in [-0.05, 0) is 31.1 Å². The Morgan fingerprint density at radius 3 is 2.00 bits per heavy atom. The Bertz CT molecular complexity index is 313. The third-order valence-corrected chi connectivity index (χ3v) is 7.10. The lowest BCUT2D eigenvalue weighted by atomic mass is 9.73. The van der Waals surface area contributed by atoms with Crippen LogP contribution in [0.2, 0.25) is 0 Å². The van der Waals surface area contributed by atoms with Gasteiger partial charge >= 0.3 is 0 Å². The van der Waals surface area contributed by atoms with Crippen molar-refractivity contribution in [2.45, 2.75) is 124 Å². The summed E-state index contributed by atoms with van der Waals surface area (Å²) < 4.78 is 1.38. The van der Waals surface area contributed by atoms with Gasteiger partial charge in [-0.15, -0.1) is 0 Å². The number of unbranched alkanes of at least 4 members (excludes halogenated alkanes) is 8. The molecule has 0 aliphatic carbocycles. The first kappa shape index (κ1) is 22.0. The van der Waals surface area contributed by atoms with Crippen molar-refractivity contribution in [3.05, 3.63) is 0 Å². The van der Waals surface area contributed by atoms with Crippen LogP contribution in [0.3, 0.4) is 0 Å². The van der Waals surface area contributed by atoms with Crippen molar-refractivity contribution in [3.8, 4) is 0 Å². The highest BCUT2D eigenvalue weighted by Gasteiger charge is 2.43. The summed E-state index contributed by atoms with van der Waals surface area (Å²) in [5.41, 5.74) is 0.619. The zero-order valence-corrected chi connectivity index (χ0v) is 17.8. The second-order valence-corrected chi connectivity index (χ2v) is 9.32. The van der Waals surface area contributed by atoms with Crippen molar-refractivity contribution in [2.75, 3.05) is 20.1 Å². The van der Waals surface area contributed by atoms with Gasteiger partial charge in [0.15, 0.2) is 0 Å². The van der Waals surface area contributed by atoms with E-state index in [1.54, 1.807) is 0 Å². The Balaban J connectivity index is 2.51. The molecule has 0 radical (unpaired) electrons. The number of nitrogens with zero attached hydrogens (tertiary/aromatic N) is 1. The molecule has 3 unspecified atom stereocenters. The van der Waals surface area contributed by atoms with E-state index in [0.717, 1.165) is 6.04 Å². The van der Waals surface area contributed by atoms with Crippen LogP contribution in [0.15, 0.2) is 0 Å². The minimum Gasteiger partial charge on any atom is -0.324 e. The summed E-state index contributed by atoms with van der Waals surface area (Å²) in [6, 6.07) is 0.927. The van der Waals surface area contributed by atoms with Crippen LogP contribution >= 0.6 is 0 Å². The third-order valence-electron chi connectivity index (χ3n) is 7.10. The fraction of sp³-hybridized carbons (Fsp3) is 1.00. The predicted molar refractivity (Wildman–Crippen MR) is 109 cm³/mol. The van der Waals surface area contributed by atoms with Crippen LogP contribution in [0.4, 0.5) is 0 Å². The monoisotopic (exact) mass is 338 g/mol. The largest absolute Gasteiger partial charge is 0.324 e. The molecule has 0 aromatic heterocycles. The second kappa shape index (κ2) is 11.6. The predicted octanol–water partition coefficient (Wildman–Crippen LogP) is 7.34. The first-order valence-electron chi connectivity index (χ1n) is 11.3. The normalized spacial score (nSPS) is 30.6. The Morgan fingerprint density at radius 1 is 0.833 bits per heavy atom. The summed E-state index contributed by atoms with van der Waals surface area (Å²) in [6.07, 6.45) is 20.1. The average Bonchev–Trinajstić information content (AvgIpc) is 2.58. The molecule has 1 nitrogen and oxygen atoms in total. The van der Waals surface area contributed by atoms with Gasteiger partial charge in [-0.2, -0.15) is 0 Å². The van der Waals surface area contributed by atoms with Gasteiger partial charge in [0.2, 0.25) is 0 Å². The van der Waals surface area contributed by atoms with Crippen LogP contribution in [-0.2, 0) is 0 Å². The Labute approximate surface area is 154 Å². The summed E-state index contributed by atoms with van der Waals surface area (Å²) in [5, 5.41) is 0.